The van der Waals surface area contributed by atoms with E-state index in [0.29, 0.717) is 6.29 Å². The smallest absolute Gasteiger partial charge is 0.303 e. The summed E-state index contributed by atoms with van der Waals surface area (Å²) in [5.74, 6) is -0.924. The van der Waals surface area contributed by atoms with Gasteiger partial charge in [0.15, 0.2) is 0 Å². The molecule has 0 aromatic carbocycles. The number of nitrogens with two attached hydrogens (primary N) is 1. The first-order valence-electron chi connectivity index (χ1n) is 2.59. The first-order valence-corrected chi connectivity index (χ1v) is 2.59. The monoisotopic (exact) mass is 148 g/mol. The molecule has 0 heterocycles. The van der Waals surface area contributed by atoms with Crippen LogP contribution in [0.25, 0.3) is 0 Å². The van der Waals surface area contributed by atoms with Crippen LogP contribution < -0.4 is 11.9 Å². The maximum atomic E-state index is 9.85. The number of rotatable bonds is 4. The van der Waals surface area contributed by atoms with Gasteiger partial charge in [0.1, 0.15) is 6.29 Å². The molecule has 0 spiro atoms. The minimum atomic E-state index is -0.924. The van der Waals surface area contributed by atoms with Crippen LogP contribution in [-0.2, 0) is 9.59 Å². The van der Waals surface area contributed by atoms with Gasteiger partial charge in [-0.15, -0.1) is 0 Å². The molecule has 0 bridgehead atoms. The molecule has 10 heavy (non-hydrogen) atoms. The Labute approximate surface area is 58.8 Å². The standard InChI is InChI=1S/C5H9NO3.H3N/c6-4(3-7)1-2-5(8)9;/h3-4H,1-2,6H2,(H,8,9);1H3. The van der Waals surface area contributed by atoms with Gasteiger partial charge in [-0.2, -0.15) is 0 Å². The van der Waals surface area contributed by atoms with E-state index in [1.807, 2.05) is 0 Å². The Bertz CT molecular complexity index is 115. The summed E-state index contributed by atoms with van der Waals surface area (Å²) in [4.78, 5) is 19.6. The third-order valence-electron chi connectivity index (χ3n) is 0.866. The third-order valence-corrected chi connectivity index (χ3v) is 0.866. The largest absolute Gasteiger partial charge is 0.481 e. The van der Waals surface area contributed by atoms with Gasteiger partial charge in [0, 0.05) is 6.42 Å². The fourth-order valence-electron chi connectivity index (χ4n) is 0.358. The van der Waals surface area contributed by atoms with Crippen molar-refractivity contribution in [1.82, 2.24) is 6.15 Å². The number of aldehydes is 1. The Morgan fingerprint density at radius 1 is 1.70 bits per heavy atom. The molecule has 6 N–H and O–H groups in total. The van der Waals surface area contributed by atoms with Gasteiger partial charge in [-0.05, 0) is 6.42 Å². The van der Waals surface area contributed by atoms with Crippen molar-refractivity contribution < 1.29 is 14.7 Å². The Balaban J connectivity index is 0. The first kappa shape index (κ1) is 11.8. The summed E-state index contributed by atoms with van der Waals surface area (Å²) >= 11 is 0. The van der Waals surface area contributed by atoms with Crippen molar-refractivity contribution in [3.63, 3.8) is 0 Å². The van der Waals surface area contributed by atoms with E-state index >= 15 is 0 Å². The number of carboxylic acid groups (broad SMARTS) is 1. The zero-order valence-electron chi connectivity index (χ0n) is 5.62. The third kappa shape index (κ3) is 7.06. The lowest BCUT2D eigenvalue weighted by molar-refractivity contribution is -0.137. The lowest BCUT2D eigenvalue weighted by Crippen LogP contribution is -2.22. The maximum absolute atomic E-state index is 9.85. The molecule has 0 fully saturated rings. The fraction of sp³-hybridized carbons (Fsp3) is 0.600. The minimum Gasteiger partial charge on any atom is -0.481 e. The van der Waals surface area contributed by atoms with Crippen molar-refractivity contribution in [3.8, 4) is 0 Å². The van der Waals surface area contributed by atoms with Gasteiger partial charge in [0.2, 0.25) is 0 Å². The average molecular weight is 148 g/mol. The SMILES string of the molecule is N.NC(C=O)CCC(=O)O. The molecule has 0 aliphatic carbocycles. The molecule has 0 aliphatic heterocycles. The molecule has 5 heteroatoms. The highest BCUT2D eigenvalue weighted by molar-refractivity contribution is 5.68. The molecule has 60 valence electrons. The number of aliphatic carboxylic acids is 1. The van der Waals surface area contributed by atoms with Gasteiger partial charge in [-0.25, -0.2) is 0 Å². The van der Waals surface area contributed by atoms with E-state index in [4.69, 9.17) is 10.8 Å². The maximum Gasteiger partial charge on any atom is 0.303 e. The van der Waals surface area contributed by atoms with E-state index in [1.165, 1.54) is 0 Å². The van der Waals surface area contributed by atoms with Crippen LogP contribution in [0.15, 0.2) is 0 Å². The van der Waals surface area contributed by atoms with Gasteiger partial charge in [-0.3, -0.25) is 4.79 Å². The van der Waals surface area contributed by atoms with Gasteiger partial charge < -0.3 is 21.8 Å². The van der Waals surface area contributed by atoms with E-state index < -0.39 is 12.0 Å². The Morgan fingerprint density at radius 3 is 2.50 bits per heavy atom. The number of carbonyl (C=O) groups is 2. The Morgan fingerprint density at radius 2 is 2.20 bits per heavy atom. The highest BCUT2D eigenvalue weighted by Gasteiger charge is 2.02. The zero-order chi connectivity index (χ0) is 7.28. The summed E-state index contributed by atoms with van der Waals surface area (Å²) in [6.45, 7) is 0. The van der Waals surface area contributed by atoms with E-state index in [-0.39, 0.29) is 19.0 Å². The second-order valence-corrected chi connectivity index (χ2v) is 1.73. The molecule has 0 saturated heterocycles. The molecule has 5 nitrogen and oxygen atoms in total. The van der Waals surface area contributed by atoms with Crippen molar-refractivity contribution in [1.29, 1.82) is 0 Å². The van der Waals surface area contributed by atoms with Crippen LogP contribution in [-0.4, -0.2) is 23.4 Å². The summed E-state index contributed by atoms with van der Waals surface area (Å²) < 4.78 is 0. The highest BCUT2D eigenvalue weighted by atomic mass is 16.4. The number of hydrogen-bond acceptors (Lipinski definition) is 4. The van der Waals surface area contributed by atoms with E-state index in [2.05, 4.69) is 0 Å². The van der Waals surface area contributed by atoms with Crippen LogP contribution in [0.1, 0.15) is 12.8 Å². The summed E-state index contributed by atoms with van der Waals surface area (Å²) in [5, 5.41) is 8.09. The van der Waals surface area contributed by atoms with Crippen molar-refractivity contribution in [2.75, 3.05) is 0 Å². The van der Waals surface area contributed by atoms with Gasteiger partial charge in [0.25, 0.3) is 0 Å². The predicted molar refractivity (Wildman–Crippen MR) is 35.9 cm³/mol. The van der Waals surface area contributed by atoms with E-state index in [1.54, 1.807) is 0 Å². The summed E-state index contributed by atoms with van der Waals surface area (Å²) in [6.07, 6.45) is 0.724. The Kier molecular flexibility index (Phi) is 7.30. The van der Waals surface area contributed by atoms with Crippen molar-refractivity contribution in [2.45, 2.75) is 18.9 Å². The molecule has 0 aliphatic rings. The number of carboxylic acids is 1. The van der Waals surface area contributed by atoms with Crippen molar-refractivity contribution >= 4 is 12.3 Å². The molecule has 1 unspecified atom stereocenters. The molecule has 0 amide bonds. The molecule has 0 aromatic rings. The Hall–Kier alpha value is -0.940. The van der Waals surface area contributed by atoms with Crippen LogP contribution in [0.3, 0.4) is 0 Å². The van der Waals surface area contributed by atoms with E-state index in [0.717, 1.165) is 0 Å². The highest BCUT2D eigenvalue weighted by Crippen LogP contribution is 1.90. The van der Waals surface area contributed by atoms with E-state index in [9.17, 15) is 9.59 Å². The van der Waals surface area contributed by atoms with Gasteiger partial charge >= 0.3 is 5.97 Å². The summed E-state index contributed by atoms with van der Waals surface area (Å²) in [5.41, 5.74) is 5.09. The molecule has 1 atom stereocenters. The summed E-state index contributed by atoms with van der Waals surface area (Å²) in [6, 6.07) is -0.624. The minimum absolute atomic E-state index is 0. The van der Waals surface area contributed by atoms with Gasteiger partial charge in [-0.1, -0.05) is 0 Å². The van der Waals surface area contributed by atoms with Crippen LogP contribution in [0.2, 0.25) is 0 Å². The lowest BCUT2D eigenvalue weighted by atomic mass is 10.2. The van der Waals surface area contributed by atoms with Crippen LogP contribution in [0.4, 0.5) is 0 Å². The molecule has 0 radical (unpaired) electrons. The molecule has 0 rings (SSSR count). The van der Waals surface area contributed by atoms with Gasteiger partial charge in [0.05, 0.1) is 6.04 Å². The topological polar surface area (TPSA) is 115 Å². The molecule has 0 saturated carbocycles. The zero-order valence-corrected chi connectivity index (χ0v) is 5.62. The first-order chi connectivity index (χ1) is 4.16. The van der Waals surface area contributed by atoms with Crippen LogP contribution in [0, 0.1) is 0 Å². The fourth-order valence-corrected chi connectivity index (χ4v) is 0.358. The quantitative estimate of drug-likeness (QED) is 0.466. The number of carbonyl (C=O) groups excluding carboxylic acids is 1. The predicted octanol–water partition coefficient (Wildman–Crippen LogP) is -0.461. The van der Waals surface area contributed by atoms with Crippen LogP contribution in [0.5, 0.6) is 0 Å². The lowest BCUT2D eigenvalue weighted by Gasteiger charge is -1.97. The summed E-state index contributed by atoms with van der Waals surface area (Å²) in [7, 11) is 0. The van der Waals surface area contributed by atoms with Crippen molar-refractivity contribution in [2.24, 2.45) is 5.73 Å². The number of hydrogen-bond donors (Lipinski definition) is 3. The second-order valence-electron chi connectivity index (χ2n) is 1.73. The normalized spacial score (nSPS) is 11.3. The van der Waals surface area contributed by atoms with Crippen LogP contribution >= 0.6 is 0 Å². The average Bonchev–Trinajstić information content (AvgIpc) is 1.83. The molecule has 0 aromatic heterocycles. The second kappa shape index (κ2) is 6.18. The molecular formula is C5H12N2O3. The van der Waals surface area contributed by atoms with Crippen molar-refractivity contribution in [3.05, 3.63) is 0 Å². The molecular weight excluding hydrogens is 136 g/mol.